The summed E-state index contributed by atoms with van der Waals surface area (Å²) in [6.45, 7) is 13.3. The maximum atomic E-state index is 10.6. The predicted molar refractivity (Wildman–Crippen MR) is 88.7 cm³/mol. The van der Waals surface area contributed by atoms with Crippen molar-refractivity contribution >= 4 is 0 Å². The lowest BCUT2D eigenvalue weighted by atomic mass is 9.84. The lowest BCUT2D eigenvalue weighted by molar-refractivity contribution is -0.0772. The van der Waals surface area contributed by atoms with Crippen LogP contribution in [0.25, 0.3) is 0 Å². The molecule has 1 atom stereocenters. The molecule has 1 fully saturated rings. The summed E-state index contributed by atoms with van der Waals surface area (Å²) in [5.74, 6) is 0. The van der Waals surface area contributed by atoms with Gasteiger partial charge in [0.1, 0.15) is 0 Å². The Morgan fingerprint density at radius 2 is 1.90 bits per heavy atom. The quantitative estimate of drug-likeness (QED) is 0.722. The first-order valence-electron chi connectivity index (χ1n) is 8.49. The second-order valence-electron chi connectivity index (χ2n) is 7.74. The van der Waals surface area contributed by atoms with Gasteiger partial charge in [-0.1, -0.05) is 27.7 Å². The highest BCUT2D eigenvalue weighted by atomic mass is 16.5. The van der Waals surface area contributed by atoms with Gasteiger partial charge >= 0.3 is 0 Å². The first-order valence-corrected chi connectivity index (χ1v) is 8.49. The number of aliphatic hydroxyl groups is 1. The van der Waals surface area contributed by atoms with Crippen LogP contribution < -0.4 is 5.32 Å². The molecular weight excluding hydrogens is 264 g/mol. The van der Waals surface area contributed by atoms with Crippen molar-refractivity contribution in [2.24, 2.45) is 5.41 Å². The third kappa shape index (κ3) is 7.09. The molecule has 1 aliphatic heterocycles. The minimum Gasteiger partial charge on any atom is -0.388 e. The third-order valence-electron chi connectivity index (χ3n) is 4.47. The zero-order valence-electron chi connectivity index (χ0n) is 14.7. The first kappa shape index (κ1) is 18.9. The van der Waals surface area contributed by atoms with Gasteiger partial charge in [-0.2, -0.15) is 0 Å². The number of rotatable bonds is 8. The van der Waals surface area contributed by atoms with Gasteiger partial charge in [0.2, 0.25) is 0 Å². The van der Waals surface area contributed by atoms with Crippen LogP contribution in [-0.4, -0.2) is 61.5 Å². The molecule has 1 aliphatic rings. The molecule has 126 valence electrons. The standard InChI is InChI=1S/C17H36N2O2/c1-6-10-18-15(16(2,3)4)7-11-19(5)14-17(20)8-12-21-13-9-17/h15,18,20H,6-14H2,1-5H3. The number of nitrogens with one attached hydrogen (secondary N) is 1. The van der Waals surface area contributed by atoms with Crippen molar-refractivity contribution in [2.75, 3.05) is 39.9 Å². The molecule has 4 heteroatoms. The maximum absolute atomic E-state index is 10.6. The van der Waals surface area contributed by atoms with E-state index in [-0.39, 0.29) is 5.41 Å². The minimum atomic E-state index is -0.554. The van der Waals surface area contributed by atoms with Crippen LogP contribution in [0.5, 0.6) is 0 Å². The summed E-state index contributed by atoms with van der Waals surface area (Å²) >= 11 is 0. The first-order chi connectivity index (χ1) is 9.77. The molecule has 0 bridgehead atoms. The van der Waals surface area contributed by atoms with E-state index >= 15 is 0 Å². The van der Waals surface area contributed by atoms with E-state index in [2.05, 4.69) is 45.0 Å². The Morgan fingerprint density at radius 3 is 2.43 bits per heavy atom. The maximum Gasteiger partial charge on any atom is 0.0817 e. The molecule has 21 heavy (non-hydrogen) atoms. The Kier molecular flexibility index (Phi) is 7.62. The molecule has 1 heterocycles. The largest absolute Gasteiger partial charge is 0.388 e. The Bertz CT molecular complexity index is 283. The lowest BCUT2D eigenvalue weighted by Gasteiger charge is -2.37. The molecule has 2 N–H and O–H groups in total. The third-order valence-corrected chi connectivity index (χ3v) is 4.47. The summed E-state index contributed by atoms with van der Waals surface area (Å²) in [4.78, 5) is 2.28. The van der Waals surface area contributed by atoms with Gasteiger partial charge in [-0.3, -0.25) is 0 Å². The highest BCUT2D eigenvalue weighted by Crippen LogP contribution is 2.24. The van der Waals surface area contributed by atoms with Crippen molar-refractivity contribution < 1.29 is 9.84 Å². The van der Waals surface area contributed by atoms with Crippen LogP contribution in [0.3, 0.4) is 0 Å². The lowest BCUT2D eigenvalue weighted by Crippen LogP contribution is -2.47. The van der Waals surface area contributed by atoms with E-state index in [1.807, 2.05) is 0 Å². The monoisotopic (exact) mass is 300 g/mol. The fraction of sp³-hybridized carbons (Fsp3) is 1.00. The van der Waals surface area contributed by atoms with Gasteiger partial charge in [0.25, 0.3) is 0 Å². The van der Waals surface area contributed by atoms with E-state index in [9.17, 15) is 5.11 Å². The Hall–Kier alpha value is -0.160. The molecule has 0 amide bonds. The van der Waals surface area contributed by atoms with Gasteiger partial charge in [0.05, 0.1) is 5.60 Å². The highest BCUT2D eigenvalue weighted by molar-refractivity contribution is 4.86. The second-order valence-corrected chi connectivity index (χ2v) is 7.74. The minimum absolute atomic E-state index is 0.269. The van der Waals surface area contributed by atoms with Crippen LogP contribution in [0, 0.1) is 5.41 Å². The van der Waals surface area contributed by atoms with Crippen LogP contribution in [0.1, 0.15) is 53.4 Å². The fourth-order valence-corrected chi connectivity index (χ4v) is 3.00. The highest BCUT2D eigenvalue weighted by Gasteiger charge is 2.31. The number of hydrogen-bond donors (Lipinski definition) is 2. The van der Waals surface area contributed by atoms with Gasteiger partial charge in [-0.15, -0.1) is 0 Å². The van der Waals surface area contributed by atoms with E-state index in [0.29, 0.717) is 19.3 Å². The summed E-state index contributed by atoms with van der Waals surface area (Å²) in [6.07, 6.45) is 3.80. The van der Waals surface area contributed by atoms with Crippen molar-refractivity contribution in [1.29, 1.82) is 0 Å². The zero-order chi connectivity index (χ0) is 15.9. The van der Waals surface area contributed by atoms with Crippen LogP contribution in [0.4, 0.5) is 0 Å². The van der Waals surface area contributed by atoms with E-state index in [1.165, 1.54) is 6.42 Å². The van der Waals surface area contributed by atoms with Crippen LogP contribution in [0.2, 0.25) is 0 Å². The molecular formula is C17H36N2O2. The molecule has 1 rings (SSSR count). The molecule has 1 unspecified atom stereocenters. The normalized spacial score (nSPS) is 20.7. The Labute approximate surface area is 131 Å². The zero-order valence-corrected chi connectivity index (χ0v) is 14.7. The molecule has 0 aromatic heterocycles. The van der Waals surface area contributed by atoms with Crippen molar-refractivity contribution in [2.45, 2.75) is 65.0 Å². The van der Waals surface area contributed by atoms with Gasteiger partial charge < -0.3 is 20.1 Å². The van der Waals surface area contributed by atoms with E-state index in [0.717, 1.165) is 38.9 Å². The summed E-state index contributed by atoms with van der Waals surface area (Å²) < 4.78 is 5.35. The van der Waals surface area contributed by atoms with E-state index in [4.69, 9.17) is 4.74 Å². The molecule has 0 saturated carbocycles. The van der Waals surface area contributed by atoms with E-state index < -0.39 is 5.60 Å². The van der Waals surface area contributed by atoms with Crippen LogP contribution in [-0.2, 0) is 4.74 Å². The molecule has 0 spiro atoms. The predicted octanol–water partition coefficient (Wildman–Crippen LogP) is 2.26. The van der Waals surface area contributed by atoms with Crippen molar-refractivity contribution in [3.63, 3.8) is 0 Å². The number of ether oxygens (including phenoxy) is 1. The van der Waals surface area contributed by atoms with Crippen molar-refractivity contribution in [1.82, 2.24) is 10.2 Å². The smallest absolute Gasteiger partial charge is 0.0817 e. The Morgan fingerprint density at radius 1 is 1.29 bits per heavy atom. The Balaban J connectivity index is 2.39. The SMILES string of the molecule is CCCNC(CCN(C)CC1(O)CCOCC1)C(C)(C)C. The van der Waals surface area contributed by atoms with Crippen LogP contribution >= 0.6 is 0 Å². The summed E-state index contributed by atoms with van der Waals surface area (Å²) in [5, 5.41) is 14.2. The van der Waals surface area contributed by atoms with Gasteiger partial charge in [-0.25, -0.2) is 0 Å². The summed E-state index contributed by atoms with van der Waals surface area (Å²) in [7, 11) is 2.12. The molecule has 4 nitrogen and oxygen atoms in total. The second kappa shape index (κ2) is 8.47. The molecule has 0 aromatic rings. The van der Waals surface area contributed by atoms with Crippen molar-refractivity contribution in [3.8, 4) is 0 Å². The number of nitrogens with zero attached hydrogens (tertiary/aromatic N) is 1. The molecule has 0 radical (unpaired) electrons. The molecule has 1 saturated heterocycles. The summed E-state index contributed by atoms with van der Waals surface area (Å²) in [5.41, 5.74) is -0.285. The number of likely N-dealkylation sites (N-methyl/N-ethyl adjacent to an activating group) is 1. The molecule has 0 aliphatic carbocycles. The molecule has 0 aromatic carbocycles. The fourth-order valence-electron chi connectivity index (χ4n) is 3.00. The summed E-state index contributed by atoms with van der Waals surface area (Å²) in [6, 6.07) is 0.518. The van der Waals surface area contributed by atoms with Gasteiger partial charge in [0.15, 0.2) is 0 Å². The van der Waals surface area contributed by atoms with E-state index in [1.54, 1.807) is 0 Å². The van der Waals surface area contributed by atoms with Gasteiger partial charge in [0, 0.05) is 38.6 Å². The van der Waals surface area contributed by atoms with Gasteiger partial charge in [-0.05, 0) is 38.4 Å². The average molecular weight is 300 g/mol. The topological polar surface area (TPSA) is 44.7 Å². The number of hydrogen-bond acceptors (Lipinski definition) is 4. The average Bonchev–Trinajstić information content (AvgIpc) is 2.37. The van der Waals surface area contributed by atoms with Crippen molar-refractivity contribution in [3.05, 3.63) is 0 Å². The van der Waals surface area contributed by atoms with Crippen LogP contribution in [0.15, 0.2) is 0 Å².